The Morgan fingerprint density at radius 3 is 2.80 bits per heavy atom. The molecule has 2 aromatic rings. The van der Waals surface area contributed by atoms with Gasteiger partial charge >= 0.3 is 0 Å². The van der Waals surface area contributed by atoms with Gasteiger partial charge in [-0.15, -0.1) is 0 Å². The van der Waals surface area contributed by atoms with Crippen molar-refractivity contribution in [3.63, 3.8) is 0 Å². The van der Waals surface area contributed by atoms with E-state index in [9.17, 15) is 0 Å². The summed E-state index contributed by atoms with van der Waals surface area (Å²) in [4.78, 5) is 4.36. The molecule has 1 aliphatic carbocycles. The van der Waals surface area contributed by atoms with Gasteiger partial charge in [-0.05, 0) is 36.0 Å². The van der Waals surface area contributed by atoms with Gasteiger partial charge in [-0.2, -0.15) is 4.98 Å². The third kappa shape index (κ3) is 3.00. The van der Waals surface area contributed by atoms with Crippen LogP contribution in [0.25, 0.3) is 0 Å². The van der Waals surface area contributed by atoms with E-state index in [1.165, 1.54) is 18.4 Å². The average molecular weight is 272 g/mol. The largest absolute Gasteiger partial charge is 0.484 e. The van der Waals surface area contributed by atoms with Gasteiger partial charge in [0.2, 0.25) is 0 Å². The lowest BCUT2D eigenvalue weighted by atomic mass is 9.87. The van der Waals surface area contributed by atoms with Crippen LogP contribution in [0.15, 0.2) is 28.8 Å². The second-order valence-electron chi connectivity index (χ2n) is 6.39. The highest BCUT2D eigenvalue weighted by atomic mass is 16.5. The SMILES string of the molecule is CC(C)(C)c1cccc(OCc2nc(C3CC3)no2)c1. The second kappa shape index (κ2) is 4.93. The van der Waals surface area contributed by atoms with E-state index in [1.54, 1.807) is 0 Å². The molecule has 106 valence electrons. The van der Waals surface area contributed by atoms with Crippen molar-refractivity contribution in [2.45, 2.75) is 51.6 Å². The fourth-order valence-corrected chi connectivity index (χ4v) is 2.03. The zero-order valence-corrected chi connectivity index (χ0v) is 12.2. The van der Waals surface area contributed by atoms with Crippen molar-refractivity contribution in [3.05, 3.63) is 41.5 Å². The van der Waals surface area contributed by atoms with Gasteiger partial charge in [-0.1, -0.05) is 38.1 Å². The molecule has 4 nitrogen and oxygen atoms in total. The summed E-state index contributed by atoms with van der Waals surface area (Å²) >= 11 is 0. The Labute approximate surface area is 119 Å². The van der Waals surface area contributed by atoms with Gasteiger partial charge in [0.25, 0.3) is 5.89 Å². The van der Waals surface area contributed by atoms with E-state index in [4.69, 9.17) is 9.26 Å². The van der Waals surface area contributed by atoms with Crippen molar-refractivity contribution < 1.29 is 9.26 Å². The number of hydrogen-bond donors (Lipinski definition) is 0. The van der Waals surface area contributed by atoms with Crippen LogP contribution in [-0.2, 0) is 12.0 Å². The second-order valence-corrected chi connectivity index (χ2v) is 6.39. The molecule has 1 aromatic heterocycles. The number of benzene rings is 1. The first kappa shape index (κ1) is 13.2. The molecule has 0 amide bonds. The molecule has 4 heteroatoms. The Morgan fingerprint density at radius 1 is 1.30 bits per heavy atom. The first-order chi connectivity index (χ1) is 9.52. The highest BCUT2D eigenvalue weighted by Gasteiger charge is 2.28. The van der Waals surface area contributed by atoms with Gasteiger partial charge in [-0.25, -0.2) is 0 Å². The molecule has 1 fully saturated rings. The number of ether oxygens (including phenoxy) is 1. The molecule has 1 heterocycles. The Balaban J connectivity index is 1.65. The molecule has 3 rings (SSSR count). The van der Waals surface area contributed by atoms with Crippen molar-refractivity contribution in [3.8, 4) is 5.75 Å². The monoisotopic (exact) mass is 272 g/mol. The zero-order chi connectivity index (χ0) is 14.2. The van der Waals surface area contributed by atoms with E-state index in [2.05, 4.69) is 43.0 Å². The Bertz CT molecular complexity index is 595. The normalized spacial score (nSPS) is 15.3. The van der Waals surface area contributed by atoms with Gasteiger partial charge in [-0.3, -0.25) is 0 Å². The standard InChI is InChI=1S/C16H20N2O2/c1-16(2,3)12-5-4-6-13(9-12)19-10-14-17-15(18-20-14)11-7-8-11/h4-6,9,11H,7-8,10H2,1-3H3. The Morgan fingerprint density at radius 2 is 2.10 bits per heavy atom. The molecule has 0 atom stereocenters. The maximum atomic E-state index is 5.75. The van der Waals surface area contributed by atoms with Crippen LogP contribution in [-0.4, -0.2) is 10.1 Å². The first-order valence-electron chi connectivity index (χ1n) is 7.08. The Hall–Kier alpha value is -1.84. The predicted octanol–water partition coefficient (Wildman–Crippen LogP) is 3.82. The van der Waals surface area contributed by atoms with Gasteiger partial charge in [0.15, 0.2) is 12.4 Å². The number of nitrogens with zero attached hydrogens (tertiary/aromatic N) is 2. The molecule has 20 heavy (non-hydrogen) atoms. The first-order valence-corrected chi connectivity index (χ1v) is 7.08. The minimum Gasteiger partial charge on any atom is -0.484 e. The topological polar surface area (TPSA) is 48.2 Å². The Kier molecular flexibility index (Phi) is 3.24. The lowest BCUT2D eigenvalue weighted by Crippen LogP contribution is -2.11. The lowest BCUT2D eigenvalue weighted by Gasteiger charge is -2.19. The highest BCUT2D eigenvalue weighted by molar-refractivity contribution is 5.32. The average Bonchev–Trinajstić information content (AvgIpc) is 3.15. The predicted molar refractivity (Wildman–Crippen MR) is 75.7 cm³/mol. The molecule has 0 spiro atoms. The van der Waals surface area contributed by atoms with Crippen LogP contribution >= 0.6 is 0 Å². The van der Waals surface area contributed by atoms with Gasteiger partial charge in [0.1, 0.15) is 5.75 Å². The molecule has 0 N–H and O–H groups in total. The van der Waals surface area contributed by atoms with E-state index in [0.29, 0.717) is 18.4 Å². The van der Waals surface area contributed by atoms with Crippen LogP contribution in [0.2, 0.25) is 0 Å². The number of rotatable bonds is 4. The maximum absolute atomic E-state index is 5.75. The van der Waals surface area contributed by atoms with Crippen LogP contribution in [0.4, 0.5) is 0 Å². The molecule has 1 saturated carbocycles. The molecule has 0 saturated heterocycles. The minimum absolute atomic E-state index is 0.114. The van der Waals surface area contributed by atoms with Crippen molar-refractivity contribution in [2.75, 3.05) is 0 Å². The van der Waals surface area contributed by atoms with Gasteiger partial charge < -0.3 is 9.26 Å². The van der Waals surface area contributed by atoms with Gasteiger partial charge in [0, 0.05) is 5.92 Å². The molecule has 0 aliphatic heterocycles. The molecule has 0 radical (unpaired) electrons. The quantitative estimate of drug-likeness (QED) is 0.848. The van der Waals surface area contributed by atoms with Gasteiger partial charge in [0.05, 0.1) is 0 Å². The van der Waals surface area contributed by atoms with Crippen molar-refractivity contribution in [2.24, 2.45) is 0 Å². The summed E-state index contributed by atoms with van der Waals surface area (Å²) in [5.74, 6) is 2.72. The summed E-state index contributed by atoms with van der Waals surface area (Å²) in [7, 11) is 0. The summed E-state index contributed by atoms with van der Waals surface area (Å²) in [6, 6.07) is 8.15. The lowest BCUT2D eigenvalue weighted by molar-refractivity contribution is 0.242. The highest BCUT2D eigenvalue weighted by Crippen LogP contribution is 2.38. The van der Waals surface area contributed by atoms with E-state index >= 15 is 0 Å². The van der Waals surface area contributed by atoms with Crippen molar-refractivity contribution in [1.82, 2.24) is 10.1 Å². The molecule has 1 aromatic carbocycles. The number of aromatic nitrogens is 2. The van der Waals surface area contributed by atoms with Crippen LogP contribution in [0, 0.1) is 0 Å². The maximum Gasteiger partial charge on any atom is 0.264 e. The molecule has 1 aliphatic rings. The number of hydrogen-bond acceptors (Lipinski definition) is 4. The smallest absolute Gasteiger partial charge is 0.264 e. The summed E-state index contributed by atoms with van der Waals surface area (Å²) in [5, 5.41) is 3.98. The van der Waals surface area contributed by atoms with E-state index in [1.807, 2.05) is 12.1 Å². The molecule has 0 unspecified atom stereocenters. The zero-order valence-electron chi connectivity index (χ0n) is 12.2. The van der Waals surface area contributed by atoms with Crippen molar-refractivity contribution in [1.29, 1.82) is 0 Å². The summed E-state index contributed by atoms with van der Waals surface area (Å²) in [6.45, 7) is 6.89. The summed E-state index contributed by atoms with van der Waals surface area (Å²) < 4.78 is 10.9. The summed E-state index contributed by atoms with van der Waals surface area (Å²) in [5.41, 5.74) is 1.36. The molecule has 0 bridgehead atoms. The van der Waals surface area contributed by atoms with Crippen LogP contribution in [0.5, 0.6) is 5.75 Å². The minimum atomic E-state index is 0.114. The van der Waals surface area contributed by atoms with Crippen LogP contribution in [0.1, 0.15) is 56.8 Å². The molecular weight excluding hydrogens is 252 g/mol. The molecular formula is C16H20N2O2. The van der Waals surface area contributed by atoms with E-state index < -0.39 is 0 Å². The summed E-state index contributed by atoms with van der Waals surface area (Å²) in [6.07, 6.45) is 2.35. The third-order valence-corrected chi connectivity index (χ3v) is 3.49. The van der Waals surface area contributed by atoms with Crippen LogP contribution in [0.3, 0.4) is 0 Å². The van der Waals surface area contributed by atoms with Crippen LogP contribution < -0.4 is 4.74 Å². The van der Waals surface area contributed by atoms with E-state index in [0.717, 1.165) is 11.6 Å². The van der Waals surface area contributed by atoms with Crippen molar-refractivity contribution >= 4 is 0 Å². The fraction of sp³-hybridized carbons (Fsp3) is 0.500. The third-order valence-electron chi connectivity index (χ3n) is 3.49. The fourth-order valence-electron chi connectivity index (χ4n) is 2.03. The van der Waals surface area contributed by atoms with E-state index in [-0.39, 0.29) is 5.41 Å².